The van der Waals surface area contributed by atoms with Crippen LogP contribution in [0.5, 0.6) is 0 Å². The van der Waals surface area contributed by atoms with Gasteiger partial charge in [-0.25, -0.2) is 0 Å². The molecule has 0 saturated heterocycles. The Hall–Kier alpha value is -1.21. The Morgan fingerprint density at radius 2 is 1.33 bits per heavy atom. The van der Waals surface area contributed by atoms with E-state index in [-0.39, 0.29) is 26.8 Å². The van der Waals surface area contributed by atoms with Crippen LogP contribution < -0.4 is 0 Å². The topological polar surface area (TPSA) is 51.2 Å². The first-order chi connectivity index (χ1) is 4.68. The fourth-order valence-electron chi connectivity index (χ4n) is 0. The van der Waals surface area contributed by atoms with E-state index in [1.54, 1.807) is 0 Å². The summed E-state index contributed by atoms with van der Waals surface area (Å²) < 4.78 is 0. The molecule has 0 saturated carbocycles. The van der Waals surface area contributed by atoms with Gasteiger partial charge in [0.05, 0.1) is 0 Å². The SMILES string of the molecule is C.C.C=CC(C)=O.CC.O=C=O. The first-order valence-corrected chi connectivity index (χ1v) is 2.81. The van der Waals surface area contributed by atoms with Crippen molar-refractivity contribution >= 4 is 11.9 Å². The summed E-state index contributed by atoms with van der Waals surface area (Å²) in [6, 6.07) is 0. The van der Waals surface area contributed by atoms with Crippen molar-refractivity contribution in [2.24, 2.45) is 0 Å². The molecule has 0 N–H and O–H groups in total. The molecule has 0 aliphatic rings. The lowest BCUT2D eigenvalue weighted by Crippen LogP contribution is -1.74. The van der Waals surface area contributed by atoms with Gasteiger partial charge in [0, 0.05) is 0 Å². The molecule has 3 heteroatoms. The highest BCUT2D eigenvalue weighted by molar-refractivity contribution is 5.86. The number of allylic oxidation sites excluding steroid dienone is 1. The molecule has 0 rings (SSSR count). The smallest absolute Gasteiger partial charge is 0.295 e. The minimum absolute atomic E-state index is 0. The molecule has 0 aliphatic heterocycles. The second-order valence-corrected chi connectivity index (χ2v) is 0.898. The van der Waals surface area contributed by atoms with E-state index in [9.17, 15) is 4.79 Å². The molecule has 0 unspecified atom stereocenters. The zero-order valence-electron chi connectivity index (χ0n) is 6.51. The highest BCUT2D eigenvalue weighted by Crippen LogP contribution is 1.60. The number of hydrogen-bond acceptors (Lipinski definition) is 3. The van der Waals surface area contributed by atoms with Crippen LogP contribution in [-0.2, 0) is 14.4 Å². The molecule has 74 valence electrons. The summed E-state index contributed by atoms with van der Waals surface area (Å²) in [7, 11) is 0. The van der Waals surface area contributed by atoms with Crippen LogP contribution in [0.2, 0.25) is 0 Å². The molecule has 0 bridgehead atoms. The summed E-state index contributed by atoms with van der Waals surface area (Å²) in [5, 5.41) is 0. The summed E-state index contributed by atoms with van der Waals surface area (Å²) in [5.74, 6) is 0.0185. The molecule has 0 radical (unpaired) electrons. The molecule has 0 heterocycles. The van der Waals surface area contributed by atoms with Crippen molar-refractivity contribution in [3.05, 3.63) is 12.7 Å². The monoisotopic (exact) mass is 176 g/mol. The number of rotatable bonds is 1. The first-order valence-electron chi connectivity index (χ1n) is 2.81. The van der Waals surface area contributed by atoms with E-state index in [2.05, 4.69) is 6.58 Å². The zero-order chi connectivity index (χ0) is 8.99. The van der Waals surface area contributed by atoms with Crippen LogP contribution >= 0.6 is 0 Å². The van der Waals surface area contributed by atoms with Gasteiger partial charge in [0.15, 0.2) is 5.78 Å². The van der Waals surface area contributed by atoms with E-state index in [1.807, 2.05) is 13.8 Å². The Labute approximate surface area is 75.5 Å². The summed E-state index contributed by atoms with van der Waals surface area (Å²) in [4.78, 5) is 25.9. The van der Waals surface area contributed by atoms with Gasteiger partial charge in [-0.3, -0.25) is 4.79 Å². The van der Waals surface area contributed by atoms with Gasteiger partial charge in [0.25, 0.3) is 0 Å². The fraction of sp³-hybridized carbons (Fsp3) is 0.556. The van der Waals surface area contributed by atoms with Crippen molar-refractivity contribution in [2.45, 2.75) is 35.6 Å². The van der Waals surface area contributed by atoms with E-state index < -0.39 is 0 Å². The van der Waals surface area contributed by atoms with E-state index in [0.717, 1.165) is 0 Å². The Morgan fingerprint density at radius 1 is 1.25 bits per heavy atom. The molecule has 0 aromatic rings. The van der Waals surface area contributed by atoms with Gasteiger partial charge < -0.3 is 0 Å². The summed E-state index contributed by atoms with van der Waals surface area (Å²) >= 11 is 0. The Bertz CT molecular complexity index is 111. The number of carbonyl (C=O) groups is 1. The largest absolute Gasteiger partial charge is 0.373 e. The molecular weight excluding hydrogens is 156 g/mol. The fourth-order valence-corrected chi connectivity index (χ4v) is 0. The van der Waals surface area contributed by atoms with Crippen LogP contribution in [0.25, 0.3) is 0 Å². The zero-order valence-corrected chi connectivity index (χ0v) is 6.51. The third-order valence-electron chi connectivity index (χ3n) is 0.287. The number of carbonyl (C=O) groups excluding carboxylic acids is 3. The average molecular weight is 176 g/mol. The number of ketones is 1. The molecule has 0 aliphatic carbocycles. The summed E-state index contributed by atoms with van der Waals surface area (Å²) in [5.41, 5.74) is 0. The van der Waals surface area contributed by atoms with Crippen LogP contribution in [0.3, 0.4) is 0 Å². The predicted octanol–water partition coefficient (Wildman–Crippen LogP) is 2.48. The van der Waals surface area contributed by atoms with Crippen molar-refractivity contribution in [1.29, 1.82) is 0 Å². The molecule has 0 aromatic carbocycles. The van der Waals surface area contributed by atoms with Crippen molar-refractivity contribution < 1.29 is 14.4 Å². The van der Waals surface area contributed by atoms with Crippen LogP contribution in [0.1, 0.15) is 35.6 Å². The van der Waals surface area contributed by atoms with Gasteiger partial charge in [-0.2, -0.15) is 9.59 Å². The van der Waals surface area contributed by atoms with Crippen LogP contribution in [0.4, 0.5) is 0 Å². The van der Waals surface area contributed by atoms with Crippen molar-refractivity contribution in [3.63, 3.8) is 0 Å². The van der Waals surface area contributed by atoms with Crippen LogP contribution in [-0.4, -0.2) is 11.9 Å². The van der Waals surface area contributed by atoms with Gasteiger partial charge in [0.2, 0.25) is 0 Å². The van der Waals surface area contributed by atoms with Crippen molar-refractivity contribution in [1.82, 2.24) is 0 Å². The van der Waals surface area contributed by atoms with E-state index in [4.69, 9.17) is 9.59 Å². The van der Waals surface area contributed by atoms with Crippen molar-refractivity contribution in [2.75, 3.05) is 0 Å². The predicted molar refractivity (Wildman–Crippen MR) is 50.7 cm³/mol. The minimum atomic E-state index is 0. The molecule has 0 fully saturated rings. The number of hydrogen-bond donors (Lipinski definition) is 0. The molecule has 3 nitrogen and oxygen atoms in total. The van der Waals surface area contributed by atoms with Gasteiger partial charge in [0.1, 0.15) is 0 Å². The normalized spacial score (nSPS) is 3.92. The lowest BCUT2D eigenvalue weighted by Gasteiger charge is -1.62. The maximum Gasteiger partial charge on any atom is 0.373 e. The van der Waals surface area contributed by atoms with Gasteiger partial charge >= 0.3 is 6.15 Å². The molecule has 0 spiro atoms. The third kappa shape index (κ3) is 855. The standard InChI is InChI=1S/C4H6O.C2H6.CO2.2CH4/c1-3-4(2)5;1-2;2-1-3;;/h3H,1H2,2H3;1-2H3;;2*1H4. The van der Waals surface area contributed by atoms with E-state index >= 15 is 0 Å². The maximum absolute atomic E-state index is 9.69. The third-order valence-corrected chi connectivity index (χ3v) is 0.287. The molecule has 0 amide bonds. The van der Waals surface area contributed by atoms with E-state index in [0.29, 0.717) is 0 Å². The molecule has 12 heavy (non-hydrogen) atoms. The summed E-state index contributed by atoms with van der Waals surface area (Å²) in [6.45, 7) is 8.68. The van der Waals surface area contributed by atoms with Crippen molar-refractivity contribution in [3.8, 4) is 0 Å². The quantitative estimate of drug-likeness (QED) is 0.577. The molecule has 0 atom stereocenters. The minimum Gasteiger partial charge on any atom is -0.295 e. The van der Waals surface area contributed by atoms with E-state index in [1.165, 1.54) is 13.0 Å². The molecule has 0 aromatic heterocycles. The van der Waals surface area contributed by atoms with Crippen LogP contribution in [0.15, 0.2) is 12.7 Å². The van der Waals surface area contributed by atoms with Gasteiger partial charge in [-0.15, -0.1) is 0 Å². The molecular formula is C9H20O3. The Kier molecular flexibility index (Phi) is 135. The average Bonchev–Trinajstić information content (AvgIpc) is 1.94. The second kappa shape index (κ2) is 52.7. The Morgan fingerprint density at radius 3 is 1.33 bits per heavy atom. The first kappa shape index (κ1) is 30.8. The lowest BCUT2D eigenvalue weighted by atomic mass is 10.5. The van der Waals surface area contributed by atoms with Gasteiger partial charge in [-0.05, 0) is 13.0 Å². The summed E-state index contributed by atoms with van der Waals surface area (Å²) in [6.07, 6.45) is 1.53. The highest BCUT2D eigenvalue weighted by atomic mass is 16.2. The lowest BCUT2D eigenvalue weighted by molar-refractivity contribution is -0.191. The van der Waals surface area contributed by atoms with Gasteiger partial charge in [-0.1, -0.05) is 35.3 Å². The Balaban J connectivity index is -0.0000000209. The second-order valence-electron chi connectivity index (χ2n) is 0.898. The highest BCUT2D eigenvalue weighted by Gasteiger charge is 1.69. The van der Waals surface area contributed by atoms with Crippen LogP contribution in [0, 0.1) is 0 Å². The maximum atomic E-state index is 9.69.